The fraction of sp³-hybridized carbons (Fsp3) is 0.185. The smallest absolute Gasteiger partial charge is 0.355 e. The van der Waals surface area contributed by atoms with E-state index < -0.39 is 11.9 Å². The normalized spacial score (nSPS) is 10.6. The number of pyridine rings is 1. The van der Waals surface area contributed by atoms with Gasteiger partial charge < -0.3 is 21.5 Å². The third kappa shape index (κ3) is 6.32. The van der Waals surface area contributed by atoms with Crippen molar-refractivity contribution < 1.29 is 14.7 Å². The number of carboxylic acids is 1. The number of nitrogens with one attached hydrogen (secondary N) is 3. The third-order valence-electron chi connectivity index (χ3n) is 5.34. The van der Waals surface area contributed by atoms with E-state index in [1.165, 1.54) is 6.07 Å². The van der Waals surface area contributed by atoms with E-state index in [0.29, 0.717) is 29.8 Å². The predicted octanol–water partition coefficient (Wildman–Crippen LogP) is 4.37. The molecule has 0 saturated heterocycles. The first-order valence-corrected chi connectivity index (χ1v) is 11.2. The van der Waals surface area contributed by atoms with Crippen molar-refractivity contribution in [2.24, 2.45) is 11.7 Å². The number of hydrogen-bond acceptors (Lipinski definition) is 5. The van der Waals surface area contributed by atoms with Gasteiger partial charge in [-0.3, -0.25) is 10.2 Å². The summed E-state index contributed by atoms with van der Waals surface area (Å²) in [6.45, 7) is 8.63. The molecular formula is C27H29N5O3. The van der Waals surface area contributed by atoms with Crippen LogP contribution in [-0.4, -0.2) is 34.3 Å². The Kier molecular flexibility index (Phi) is 7.99. The topological polar surface area (TPSA) is 141 Å². The van der Waals surface area contributed by atoms with E-state index in [1.54, 1.807) is 24.3 Å². The Hall–Kier alpha value is -4.46. The van der Waals surface area contributed by atoms with Gasteiger partial charge in [0.25, 0.3) is 5.91 Å². The molecule has 3 rings (SSSR count). The molecule has 0 unspecified atom stereocenters. The molecule has 0 atom stereocenters. The number of carbonyl (C=O) groups excluding carboxylic acids is 1. The molecule has 6 N–H and O–H groups in total. The second-order valence-corrected chi connectivity index (χ2v) is 8.47. The summed E-state index contributed by atoms with van der Waals surface area (Å²) in [7, 11) is 0. The summed E-state index contributed by atoms with van der Waals surface area (Å²) in [5, 5.41) is 23.5. The highest BCUT2D eigenvalue weighted by Crippen LogP contribution is 2.29. The number of aromatic carboxylic acids is 1. The van der Waals surface area contributed by atoms with Gasteiger partial charge in [0.05, 0.1) is 0 Å². The maximum absolute atomic E-state index is 12.4. The summed E-state index contributed by atoms with van der Waals surface area (Å²) < 4.78 is 0. The number of amides is 1. The van der Waals surface area contributed by atoms with Crippen LogP contribution in [0.2, 0.25) is 0 Å². The molecule has 3 aromatic rings. The van der Waals surface area contributed by atoms with Gasteiger partial charge in [-0.2, -0.15) is 0 Å². The molecule has 0 aliphatic carbocycles. The number of carboxylic acid groups (broad SMARTS) is 1. The van der Waals surface area contributed by atoms with E-state index >= 15 is 0 Å². The molecule has 35 heavy (non-hydrogen) atoms. The lowest BCUT2D eigenvalue weighted by Gasteiger charge is -2.15. The molecule has 0 bridgehead atoms. The summed E-state index contributed by atoms with van der Waals surface area (Å²) in [4.78, 5) is 28.7. The molecule has 1 aromatic heterocycles. The average molecular weight is 472 g/mol. The van der Waals surface area contributed by atoms with E-state index in [-0.39, 0.29) is 23.1 Å². The zero-order valence-corrected chi connectivity index (χ0v) is 19.8. The standard InChI is InChI=1S/C27H29N5O3/c1-4-17-5-10-21(19(13-17)15-30-20-8-6-18(7-9-20)25(28)29)22-11-12-23(32-24(22)27(34)35)26(33)31-14-16(2)3/h4-13,16,30H,1,14-15H2,2-3H3,(H3,28,29)(H,31,33)(H,34,35). The monoisotopic (exact) mass is 471 g/mol. The van der Waals surface area contributed by atoms with Crippen molar-refractivity contribution in [1.82, 2.24) is 10.3 Å². The second kappa shape index (κ2) is 11.1. The van der Waals surface area contributed by atoms with Crippen molar-refractivity contribution in [2.45, 2.75) is 20.4 Å². The van der Waals surface area contributed by atoms with Gasteiger partial charge in [0.2, 0.25) is 0 Å². The van der Waals surface area contributed by atoms with Crippen molar-refractivity contribution >= 4 is 29.5 Å². The fourth-order valence-electron chi connectivity index (χ4n) is 3.47. The minimum atomic E-state index is -1.22. The lowest BCUT2D eigenvalue weighted by atomic mass is 9.95. The molecule has 1 amide bonds. The molecule has 8 heteroatoms. The molecule has 0 aliphatic heterocycles. The maximum Gasteiger partial charge on any atom is 0.355 e. The quantitative estimate of drug-likeness (QED) is 0.220. The molecule has 180 valence electrons. The van der Waals surface area contributed by atoms with E-state index in [0.717, 1.165) is 16.8 Å². The van der Waals surface area contributed by atoms with Crippen LogP contribution < -0.4 is 16.4 Å². The van der Waals surface area contributed by atoms with Gasteiger partial charge in [0.1, 0.15) is 11.5 Å². The van der Waals surface area contributed by atoms with Crippen LogP contribution in [0.4, 0.5) is 5.69 Å². The molecular weight excluding hydrogens is 442 g/mol. The van der Waals surface area contributed by atoms with Crippen LogP contribution in [0.1, 0.15) is 51.5 Å². The molecule has 0 spiro atoms. The van der Waals surface area contributed by atoms with Crippen LogP contribution in [0.25, 0.3) is 17.2 Å². The van der Waals surface area contributed by atoms with Gasteiger partial charge >= 0.3 is 5.97 Å². The molecule has 1 heterocycles. The highest BCUT2D eigenvalue weighted by molar-refractivity contribution is 5.98. The summed E-state index contributed by atoms with van der Waals surface area (Å²) in [6.07, 6.45) is 1.72. The van der Waals surface area contributed by atoms with E-state index in [9.17, 15) is 14.7 Å². The van der Waals surface area contributed by atoms with Crippen LogP contribution in [0.3, 0.4) is 0 Å². The number of anilines is 1. The van der Waals surface area contributed by atoms with Gasteiger partial charge in [-0.05, 0) is 65.1 Å². The van der Waals surface area contributed by atoms with E-state index in [4.69, 9.17) is 11.1 Å². The Bertz CT molecular complexity index is 1270. The minimum Gasteiger partial charge on any atom is -0.476 e. The number of nitrogens with zero attached hydrogens (tertiary/aromatic N) is 1. The number of carbonyl (C=O) groups is 2. The Balaban J connectivity index is 1.96. The van der Waals surface area contributed by atoms with Crippen LogP contribution in [-0.2, 0) is 6.54 Å². The first kappa shape index (κ1) is 25.2. The largest absolute Gasteiger partial charge is 0.476 e. The van der Waals surface area contributed by atoms with E-state index in [1.807, 2.05) is 44.2 Å². The summed E-state index contributed by atoms with van der Waals surface area (Å²) >= 11 is 0. The van der Waals surface area contributed by atoms with Crippen molar-refractivity contribution in [1.29, 1.82) is 5.41 Å². The molecule has 0 saturated carbocycles. The molecule has 2 aromatic carbocycles. The Morgan fingerprint density at radius 2 is 1.80 bits per heavy atom. The van der Waals surface area contributed by atoms with E-state index in [2.05, 4.69) is 22.2 Å². The number of aromatic nitrogens is 1. The second-order valence-electron chi connectivity index (χ2n) is 8.47. The van der Waals surface area contributed by atoms with Gasteiger partial charge in [0, 0.05) is 29.9 Å². The van der Waals surface area contributed by atoms with Crippen molar-refractivity contribution in [3.8, 4) is 11.1 Å². The number of hydrogen-bond donors (Lipinski definition) is 5. The molecule has 0 aliphatic rings. The summed E-state index contributed by atoms with van der Waals surface area (Å²) in [5.74, 6) is -1.38. The number of amidine groups is 1. The zero-order chi connectivity index (χ0) is 25.5. The third-order valence-corrected chi connectivity index (χ3v) is 5.34. The van der Waals surface area contributed by atoms with Crippen molar-refractivity contribution in [3.05, 3.63) is 89.3 Å². The minimum absolute atomic E-state index is 0.00689. The lowest BCUT2D eigenvalue weighted by molar-refractivity contribution is 0.0691. The molecule has 8 nitrogen and oxygen atoms in total. The Labute approximate surface area is 204 Å². The molecule has 0 fully saturated rings. The average Bonchev–Trinajstić information content (AvgIpc) is 2.85. The molecule has 0 radical (unpaired) electrons. The predicted molar refractivity (Wildman–Crippen MR) is 139 cm³/mol. The summed E-state index contributed by atoms with van der Waals surface area (Å²) in [5.41, 5.74) is 9.63. The van der Waals surface area contributed by atoms with Gasteiger partial charge in [0.15, 0.2) is 5.69 Å². The number of nitrogen functional groups attached to an aromatic ring is 1. The summed E-state index contributed by atoms with van der Waals surface area (Å²) in [6, 6.07) is 15.9. The Morgan fingerprint density at radius 3 is 2.40 bits per heavy atom. The highest BCUT2D eigenvalue weighted by Gasteiger charge is 2.20. The fourth-order valence-corrected chi connectivity index (χ4v) is 3.47. The first-order chi connectivity index (χ1) is 16.7. The van der Waals surface area contributed by atoms with Crippen LogP contribution in [0.5, 0.6) is 0 Å². The van der Waals surface area contributed by atoms with Crippen molar-refractivity contribution in [3.63, 3.8) is 0 Å². The first-order valence-electron chi connectivity index (χ1n) is 11.2. The maximum atomic E-state index is 12.4. The van der Waals surface area contributed by atoms with Crippen molar-refractivity contribution in [2.75, 3.05) is 11.9 Å². The SMILES string of the molecule is C=Cc1ccc(-c2ccc(C(=O)NCC(C)C)nc2C(=O)O)c(CNc2ccc(C(=N)N)cc2)c1. The van der Waals surface area contributed by atoms with Crippen LogP contribution in [0.15, 0.2) is 61.2 Å². The van der Waals surface area contributed by atoms with Crippen LogP contribution in [0, 0.1) is 11.3 Å². The zero-order valence-electron chi connectivity index (χ0n) is 19.8. The van der Waals surface area contributed by atoms with Gasteiger partial charge in [-0.1, -0.05) is 38.6 Å². The Morgan fingerprint density at radius 1 is 1.11 bits per heavy atom. The number of benzene rings is 2. The van der Waals surface area contributed by atoms with Gasteiger partial charge in [-0.25, -0.2) is 9.78 Å². The highest BCUT2D eigenvalue weighted by atomic mass is 16.4. The number of rotatable bonds is 10. The van der Waals surface area contributed by atoms with Gasteiger partial charge in [-0.15, -0.1) is 0 Å². The van der Waals surface area contributed by atoms with Crippen LogP contribution >= 0.6 is 0 Å². The number of nitrogens with two attached hydrogens (primary N) is 1. The lowest BCUT2D eigenvalue weighted by Crippen LogP contribution is -2.28.